The van der Waals surface area contributed by atoms with Gasteiger partial charge >= 0.3 is 0 Å². The summed E-state index contributed by atoms with van der Waals surface area (Å²) in [6.07, 6.45) is 1.67. The number of aromatic nitrogens is 1. The van der Waals surface area contributed by atoms with E-state index < -0.39 is 0 Å². The Morgan fingerprint density at radius 1 is 1.11 bits per heavy atom. The van der Waals surface area contributed by atoms with Crippen LogP contribution >= 0.6 is 11.6 Å². The van der Waals surface area contributed by atoms with Gasteiger partial charge in [-0.25, -0.2) is 5.43 Å². The van der Waals surface area contributed by atoms with Crippen LogP contribution < -0.4 is 10.7 Å². The second-order valence-corrected chi connectivity index (χ2v) is 7.04. The van der Waals surface area contributed by atoms with Crippen LogP contribution in [0.15, 0.2) is 59.7 Å². The summed E-state index contributed by atoms with van der Waals surface area (Å²) in [7, 11) is 0. The summed E-state index contributed by atoms with van der Waals surface area (Å²) >= 11 is 6.18. The molecular weight excluding hydrogens is 372 g/mol. The lowest BCUT2D eigenvalue weighted by Gasteiger charge is -2.13. The maximum atomic E-state index is 12.0. The minimum absolute atomic E-state index is 0.155. The van der Waals surface area contributed by atoms with E-state index in [0.717, 1.165) is 33.9 Å². The maximum absolute atomic E-state index is 12.0. The Morgan fingerprint density at radius 3 is 2.61 bits per heavy atom. The number of nitrogens with one attached hydrogen (secondary N) is 2. The van der Waals surface area contributed by atoms with E-state index in [4.69, 9.17) is 11.6 Å². The van der Waals surface area contributed by atoms with Crippen molar-refractivity contribution >= 4 is 29.4 Å². The highest BCUT2D eigenvalue weighted by Gasteiger charge is 2.12. The molecule has 1 aromatic heterocycles. The first-order chi connectivity index (χ1) is 13.5. The lowest BCUT2D eigenvalue weighted by atomic mass is 10.2. The normalized spacial score (nSPS) is 11.0. The van der Waals surface area contributed by atoms with Crippen LogP contribution in [0.25, 0.3) is 5.69 Å². The molecule has 3 rings (SSSR count). The predicted octanol–water partition coefficient (Wildman–Crippen LogP) is 4.62. The Labute approximate surface area is 170 Å². The fourth-order valence-electron chi connectivity index (χ4n) is 3.06. The third kappa shape index (κ3) is 4.61. The number of carbonyl (C=O) groups excluding carboxylic acids is 1. The van der Waals surface area contributed by atoms with E-state index in [9.17, 15) is 4.79 Å². The van der Waals surface area contributed by atoms with Crippen LogP contribution in [0.3, 0.4) is 0 Å². The van der Waals surface area contributed by atoms with Crippen molar-refractivity contribution in [1.29, 1.82) is 0 Å². The third-order valence-electron chi connectivity index (χ3n) is 4.50. The number of hydrazone groups is 1. The first-order valence-electron chi connectivity index (χ1n) is 9.02. The zero-order valence-electron chi connectivity index (χ0n) is 16.2. The molecule has 0 unspecified atom stereocenters. The summed E-state index contributed by atoms with van der Waals surface area (Å²) in [5.41, 5.74) is 8.66. The zero-order valence-corrected chi connectivity index (χ0v) is 16.9. The average molecular weight is 395 g/mol. The molecule has 0 atom stereocenters. The molecule has 3 aromatic rings. The number of benzene rings is 2. The summed E-state index contributed by atoms with van der Waals surface area (Å²) in [5, 5.41) is 7.84. The lowest BCUT2D eigenvalue weighted by Crippen LogP contribution is -2.25. The lowest BCUT2D eigenvalue weighted by molar-refractivity contribution is -0.119. The molecule has 0 aliphatic heterocycles. The van der Waals surface area contributed by atoms with E-state index in [2.05, 4.69) is 27.3 Å². The number of hydrogen-bond acceptors (Lipinski definition) is 3. The van der Waals surface area contributed by atoms with Crippen LogP contribution in [0.2, 0.25) is 5.02 Å². The Hall–Kier alpha value is -3.05. The Kier molecular flexibility index (Phi) is 6.16. The van der Waals surface area contributed by atoms with Crippen LogP contribution in [0.5, 0.6) is 0 Å². The molecule has 144 valence electrons. The average Bonchev–Trinajstić information content (AvgIpc) is 2.96. The molecule has 0 fully saturated rings. The van der Waals surface area contributed by atoms with Crippen LogP contribution in [0, 0.1) is 20.8 Å². The molecule has 5 nitrogen and oxygen atoms in total. The number of anilines is 1. The molecule has 0 spiro atoms. The second-order valence-electron chi connectivity index (χ2n) is 6.61. The highest BCUT2D eigenvalue weighted by atomic mass is 35.5. The number of halogens is 1. The summed E-state index contributed by atoms with van der Waals surface area (Å²) in [6, 6.07) is 17.4. The molecule has 0 bridgehead atoms. The monoisotopic (exact) mass is 394 g/mol. The van der Waals surface area contributed by atoms with Gasteiger partial charge in [0.25, 0.3) is 5.91 Å². The fourth-order valence-corrected chi connectivity index (χ4v) is 3.23. The van der Waals surface area contributed by atoms with Crippen molar-refractivity contribution in [3.63, 3.8) is 0 Å². The molecule has 2 N–H and O–H groups in total. The van der Waals surface area contributed by atoms with Crippen LogP contribution in [-0.4, -0.2) is 23.2 Å². The van der Waals surface area contributed by atoms with Crippen molar-refractivity contribution in [2.45, 2.75) is 20.8 Å². The van der Waals surface area contributed by atoms with Gasteiger partial charge in [-0.2, -0.15) is 5.10 Å². The number of hydrogen-bond donors (Lipinski definition) is 2. The van der Waals surface area contributed by atoms with Gasteiger partial charge in [0.1, 0.15) is 0 Å². The molecule has 0 aliphatic rings. The number of nitrogens with zero attached hydrogens (tertiary/aromatic N) is 2. The second kappa shape index (κ2) is 8.76. The molecule has 1 amide bonds. The first-order valence-corrected chi connectivity index (χ1v) is 9.40. The highest BCUT2D eigenvalue weighted by molar-refractivity contribution is 6.30. The van der Waals surface area contributed by atoms with E-state index in [0.29, 0.717) is 5.02 Å². The molecule has 6 heteroatoms. The molecule has 28 heavy (non-hydrogen) atoms. The predicted molar refractivity (Wildman–Crippen MR) is 116 cm³/mol. The van der Waals surface area contributed by atoms with Gasteiger partial charge in [-0.3, -0.25) is 4.79 Å². The van der Waals surface area contributed by atoms with Gasteiger partial charge in [0.15, 0.2) is 0 Å². The van der Waals surface area contributed by atoms with Crippen molar-refractivity contribution in [2.24, 2.45) is 5.10 Å². The Balaban J connectivity index is 1.68. The van der Waals surface area contributed by atoms with Crippen molar-refractivity contribution in [3.8, 4) is 5.69 Å². The van der Waals surface area contributed by atoms with Gasteiger partial charge in [0.05, 0.1) is 12.8 Å². The van der Waals surface area contributed by atoms with E-state index in [1.165, 1.54) is 0 Å². The smallest absolute Gasteiger partial charge is 0.259 e. The quantitative estimate of drug-likeness (QED) is 0.473. The molecule has 1 heterocycles. The molecular formula is C22H23ClN4O. The summed E-state index contributed by atoms with van der Waals surface area (Å²) in [5.74, 6) is -0.209. The fraction of sp³-hybridized carbons (Fsp3) is 0.182. The van der Waals surface area contributed by atoms with Gasteiger partial charge in [0, 0.05) is 33.3 Å². The molecule has 0 radical (unpaired) electrons. The van der Waals surface area contributed by atoms with Crippen molar-refractivity contribution in [2.75, 3.05) is 11.9 Å². The number of rotatable bonds is 6. The minimum atomic E-state index is -0.209. The van der Waals surface area contributed by atoms with Gasteiger partial charge in [-0.1, -0.05) is 35.9 Å². The van der Waals surface area contributed by atoms with Crippen LogP contribution in [0.1, 0.15) is 22.5 Å². The van der Waals surface area contributed by atoms with E-state index in [1.807, 2.05) is 68.4 Å². The first kappa shape index (κ1) is 19.7. The number of amides is 1. The van der Waals surface area contributed by atoms with Gasteiger partial charge in [-0.15, -0.1) is 0 Å². The zero-order chi connectivity index (χ0) is 20.1. The SMILES string of the molecule is Cc1ccc(Cl)cc1-n1c(C)cc(/C=N\NC(=O)CNc2ccccc2)c1C. The number of carbonyl (C=O) groups is 1. The van der Waals surface area contributed by atoms with E-state index in [1.54, 1.807) is 6.21 Å². The Morgan fingerprint density at radius 2 is 1.86 bits per heavy atom. The minimum Gasteiger partial charge on any atom is -0.376 e. The summed E-state index contributed by atoms with van der Waals surface area (Å²) < 4.78 is 2.14. The topological polar surface area (TPSA) is 58.4 Å². The summed E-state index contributed by atoms with van der Waals surface area (Å²) in [4.78, 5) is 12.0. The summed E-state index contributed by atoms with van der Waals surface area (Å²) in [6.45, 7) is 6.26. The Bertz CT molecular complexity index is 1010. The van der Waals surface area contributed by atoms with Crippen molar-refractivity contribution in [1.82, 2.24) is 9.99 Å². The maximum Gasteiger partial charge on any atom is 0.259 e. The number of para-hydroxylation sites is 1. The largest absolute Gasteiger partial charge is 0.376 e. The standard InChI is InChI=1S/C22H23ClN4O/c1-15-9-10-19(23)12-21(15)27-16(2)11-18(17(27)3)13-25-26-22(28)14-24-20-7-5-4-6-8-20/h4-13,24H,14H2,1-3H3,(H,26,28)/b25-13-. The van der Waals surface area contributed by atoms with Gasteiger partial charge in [0.2, 0.25) is 0 Å². The number of aryl methyl sites for hydroxylation is 2. The van der Waals surface area contributed by atoms with Crippen molar-refractivity contribution < 1.29 is 4.79 Å². The van der Waals surface area contributed by atoms with Crippen LogP contribution in [-0.2, 0) is 4.79 Å². The van der Waals surface area contributed by atoms with Crippen LogP contribution in [0.4, 0.5) is 5.69 Å². The molecule has 0 saturated carbocycles. The molecule has 2 aromatic carbocycles. The van der Waals surface area contributed by atoms with E-state index in [-0.39, 0.29) is 12.5 Å². The van der Waals surface area contributed by atoms with Crippen molar-refractivity contribution in [3.05, 3.63) is 82.1 Å². The van der Waals surface area contributed by atoms with Gasteiger partial charge in [-0.05, 0) is 56.7 Å². The van der Waals surface area contributed by atoms with Gasteiger partial charge < -0.3 is 9.88 Å². The highest BCUT2D eigenvalue weighted by Crippen LogP contribution is 2.25. The molecule has 0 saturated heterocycles. The molecule has 0 aliphatic carbocycles. The van der Waals surface area contributed by atoms with E-state index >= 15 is 0 Å². The third-order valence-corrected chi connectivity index (χ3v) is 4.74.